The monoisotopic (exact) mass is 326 g/mol. The summed E-state index contributed by atoms with van der Waals surface area (Å²) in [6.07, 6.45) is -1.95. The Kier molecular flexibility index (Phi) is 4.04. The molecule has 0 aromatic heterocycles. The zero-order valence-electron chi connectivity index (χ0n) is 12.4. The molecule has 4 nitrogen and oxygen atoms in total. The number of rotatable bonds is 4. The molecule has 0 radical (unpaired) electrons. The van der Waals surface area contributed by atoms with Crippen molar-refractivity contribution < 1.29 is 22.8 Å². The van der Waals surface area contributed by atoms with E-state index in [1.54, 1.807) is 0 Å². The Labute approximate surface area is 131 Å². The summed E-state index contributed by atoms with van der Waals surface area (Å²) in [6.45, 7) is 0.827. The molecule has 1 aromatic rings. The Morgan fingerprint density at radius 2 is 2.00 bits per heavy atom. The molecule has 23 heavy (non-hydrogen) atoms. The van der Waals surface area contributed by atoms with Gasteiger partial charge in [-0.15, -0.1) is 0 Å². The van der Waals surface area contributed by atoms with E-state index in [2.05, 4.69) is 5.32 Å². The molecule has 1 N–H and O–H groups in total. The number of hydrogen-bond acceptors (Lipinski definition) is 2. The SMILES string of the molecule is O=C(NCC1CC1)C1CCN(c2cccc(C(F)(F)F)c2)C1=O. The van der Waals surface area contributed by atoms with E-state index in [1.807, 2.05) is 0 Å². The minimum absolute atomic E-state index is 0.183. The van der Waals surface area contributed by atoms with E-state index >= 15 is 0 Å². The molecule has 0 spiro atoms. The van der Waals surface area contributed by atoms with Crippen molar-refractivity contribution in [3.8, 4) is 0 Å². The van der Waals surface area contributed by atoms with Crippen LogP contribution < -0.4 is 10.2 Å². The second-order valence-electron chi connectivity index (χ2n) is 6.07. The summed E-state index contributed by atoms with van der Waals surface area (Å²) in [7, 11) is 0. The first-order chi connectivity index (χ1) is 10.9. The van der Waals surface area contributed by atoms with Gasteiger partial charge in [0.05, 0.1) is 5.56 Å². The highest BCUT2D eigenvalue weighted by Gasteiger charge is 2.39. The quantitative estimate of drug-likeness (QED) is 0.865. The van der Waals surface area contributed by atoms with Crippen molar-refractivity contribution >= 4 is 17.5 Å². The number of nitrogens with zero attached hydrogens (tertiary/aromatic N) is 1. The number of alkyl halides is 3. The summed E-state index contributed by atoms with van der Waals surface area (Å²) in [6, 6.07) is 4.63. The lowest BCUT2D eigenvalue weighted by molar-refractivity contribution is -0.138. The predicted molar refractivity (Wildman–Crippen MR) is 77.6 cm³/mol. The van der Waals surface area contributed by atoms with Gasteiger partial charge in [0.15, 0.2) is 0 Å². The van der Waals surface area contributed by atoms with E-state index in [-0.39, 0.29) is 18.1 Å². The van der Waals surface area contributed by atoms with Crippen LogP contribution in [0.3, 0.4) is 0 Å². The lowest BCUT2D eigenvalue weighted by Crippen LogP contribution is -2.37. The summed E-state index contributed by atoms with van der Waals surface area (Å²) in [5.41, 5.74) is -0.619. The fraction of sp³-hybridized carbons (Fsp3) is 0.500. The predicted octanol–water partition coefficient (Wildman–Crippen LogP) is 2.58. The summed E-state index contributed by atoms with van der Waals surface area (Å²) >= 11 is 0. The van der Waals surface area contributed by atoms with E-state index in [9.17, 15) is 22.8 Å². The van der Waals surface area contributed by atoms with Crippen LogP contribution in [0, 0.1) is 11.8 Å². The van der Waals surface area contributed by atoms with Crippen molar-refractivity contribution in [2.75, 3.05) is 18.0 Å². The molecule has 2 fully saturated rings. The molecule has 0 bridgehead atoms. The van der Waals surface area contributed by atoms with Gasteiger partial charge in [0.2, 0.25) is 11.8 Å². The Bertz CT molecular complexity index is 626. The summed E-state index contributed by atoms with van der Waals surface area (Å²) < 4.78 is 38.3. The van der Waals surface area contributed by atoms with Gasteiger partial charge >= 0.3 is 6.18 Å². The van der Waals surface area contributed by atoms with Crippen molar-refractivity contribution in [3.05, 3.63) is 29.8 Å². The third-order valence-corrected chi connectivity index (χ3v) is 4.27. The van der Waals surface area contributed by atoms with Gasteiger partial charge in [-0.2, -0.15) is 13.2 Å². The maximum atomic E-state index is 12.8. The van der Waals surface area contributed by atoms with Gasteiger partial charge in [0.25, 0.3) is 0 Å². The number of anilines is 1. The van der Waals surface area contributed by atoms with Crippen LogP contribution in [0.4, 0.5) is 18.9 Å². The average molecular weight is 326 g/mol. The van der Waals surface area contributed by atoms with E-state index in [0.717, 1.165) is 25.0 Å². The number of halogens is 3. The molecule has 2 aliphatic rings. The van der Waals surface area contributed by atoms with Gasteiger partial charge in [-0.05, 0) is 43.4 Å². The number of nitrogens with one attached hydrogen (secondary N) is 1. The molecule has 1 atom stereocenters. The number of carbonyl (C=O) groups is 2. The standard InChI is InChI=1S/C16H17F3N2O2/c17-16(18,19)11-2-1-3-12(8-11)21-7-6-13(15(21)23)14(22)20-9-10-4-5-10/h1-3,8,10,13H,4-7,9H2,(H,20,22). The largest absolute Gasteiger partial charge is 0.416 e. The van der Waals surface area contributed by atoms with Gasteiger partial charge < -0.3 is 10.2 Å². The first-order valence-electron chi connectivity index (χ1n) is 7.62. The maximum absolute atomic E-state index is 12.8. The smallest absolute Gasteiger partial charge is 0.355 e. The van der Waals surface area contributed by atoms with Crippen molar-refractivity contribution in [1.82, 2.24) is 5.32 Å². The fourth-order valence-electron chi connectivity index (χ4n) is 2.72. The molecule has 1 unspecified atom stereocenters. The van der Waals surface area contributed by atoms with Crippen LogP contribution >= 0.6 is 0 Å². The summed E-state index contributed by atoms with van der Waals surface area (Å²) in [5.74, 6) is -1.05. The fourth-order valence-corrected chi connectivity index (χ4v) is 2.72. The molecular formula is C16H17F3N2O2. The van der Waals surface area contributed by atoms with Crippen LogP contribution in [0.5, 0.6) is 0 Å². The number of carbonyl (C=O) groups excluding carboxylic acids is 2. The van der Waals surface area contributed by atoms with Crippen LogP contribution in [0.1, 0.15) is 24.8 Å². The molecule has 3 rings (SSSR count). The van der Waals surface area contributed by atoms with E-state index in [0.29, 0.717) is 18.9 Å². The normalized spacial score (nSPS) is 21.6. The van der Waals surface area contributed by atoms with Gasteiger partial charge in [0, 0.05) is 18.8 Å². The Balaban J connectivity index is 1.69. The molecular weight excluding hydrogens is 309 g/mol. The first kappa shape index (κ1) is 15.8. The molecule has 2 amide bonds. The average Bonchev–Trinajstić information content (AvgIpc) is 3.25. The Morgan fingerprint density at radius 3 is 2.65 bits per heavy atom. The molecule has 1 saturated heterocycles. The molecule has 1 aliphatic heterocycles. The molecule has 124 valence electrons. The topological polar surface area (TPSA) is 49.4 Å². The zero-order valence-corrected chi connectivity index (χ0v) is 12.4. The summed E-state index contributed by atoms with van der Waals surface area (Å²) in [5, 5.41) is 2.76. The van der Waals surface area contributed by atoms with Gasteiger partial charge in [0.1, 0.15) is 5.92 Å². The van der Waals surface area contributed by atoms with Crippen molar-refractivity contribution in [3.63, 3.8) is 0 Å². The molecule has 1 heterocycles. The van der Waals surface area contributed by atoms with Gasteiger partial charge in [-0.3, -0.25) is 9.59 Å². The Hall–Kier alpha value is -2.05. The molecule has 7 heteroatoms. The third kappa shape index (κ3) is 3.48. The highest BCUT2D eigenvalue weighted by atomic mass is 19.4. The lowest BCUT2D eigenvalue weighted by Gasteiger charge is -2.18. The highest BCUT2D eigenvalue weighted by molar-refractivity contribution is 6.09. The van der Waals surface area contributed by atoms with Crippen molar-refractivity contribution in [2.24, 2.45) is 11.8 Å². The molecule has 1 aromatic carbocycles. The van der Waals surface area contributed by atoms with Crippen LogP contribution in [-0.2, 0) is 15.8 Å². The molecule has 1 saturated carbocycles. The number of amides is 2. The van der Waals surface area contributed by atoms with Crippen LogP contribution in [0.2, 0.25) is 0 Å². The van der Waals surface area contributed by atoms with Gasteiger partial charge in [-0.25, -0.2) is 0 Å². The maximum Gasteiger partial charge on any atom is 0.416 e. The summed E-state index contributed by atoms with van der Waals surface area (Å²) in [4.78, 5) is 25.7. The van der Waals surface area contributed by atoms with E-state index in [4.69, 9.17) is 0 Å². The third-order valence-electron chi connectivity index (χ3n) is 4.27. The van der Waals surface area contributed by atoms with Gasteiger partial charge in [-0.1, -0.05) is 6.07 Å². The van der Waals surface area contributed by atoms with E-state index in [1.165, 1.54) is 17.0 Å². The van der Waals surface area contributed by atoms with Crippen molar-refractivity contribution in [1.29, 1.82) is 0 Å². The number of hydrogen-bond donors (Lipinski definition) is 1. The highest BCUT2D eigenvalue weighted by Crippen LogP contribution is 2.33. The first-order valence-corrected chi connectivity index (χ1v) is 7.62. The second-order valence-corrected chi connectivity index (χ2v) is 6.07. The minimum Gasteiger partial charge on any atom is -0.355 e. The van der Waals surface area contributed by atoms with Crippen LogP contribution in [0.25, 0.3) is 0 Å². The van der Waals surface area contributed by atoms with Crippen LogP contribution in [0.15, 0.2) is 24.3 Å². The zero-order chi connectivity index (χ0) is 16.6. The lowest BCUT2D eigenvalue weighted by atomic mass is 10.1. The Morgan fingerprint density at radius 1 is 1.26 bits per heavy atom. The van der Waals surface area contributed by atoms with E-state index < -0.39 is 23.6 Å². The number of benzene rings is 1. The van der Waals surface area contributed by atoms with Crippen LogP contribution in [-0.4, -0.2) is 24.9 Å². The second kappa shape index (κ2) is 5.86. The minimum atomic E-state index is -4.46. The molecule has 1 aliphatic carbocycles. The van der Waals surface area contributed by atoms with Crippen molar-refractivity contribution in [2.45, 2.75) is 25.4 Å².